The molecule has 0 saturated carbocycles. The van der Waals surface area contributed by atoms with Crippen molar-refractivity contribution in [2.75, 3.05) is 23.8 Å². The third-order valence-electron chi connectivity index (χ3n) is 5.42. The Morgan fingerprint density at radius 3 is 2.61 bits per heavy atom. The summed E-state index contributed by atoms with van der Waals surface area (Å²) in [4.78, 5) is 16.1. The molecule has 31 heavy (non-hydrogen) atoms. The van der Waals surface area contributed by atoms with Crippen LogP contribution in [0.5, 0.6) is 0 Å². The number of nitrogens with one attached hydrogen (secondary N) is 2. The number of benzene rings is 2. The minimum Gasteiger partial charge on any atom is -0.381 e. The summed E-state index contributed by atoms with van der Waals surface area (Å²) in [5.41, 5.74) is 9.26. The Labute approximate surface area is 180 Å². The van der Waals surface area contributed by atoms with Gasteiger partial charge in [0.2, 0.25) is 0 Å². The lowest BCUT2D eigenvalue weighted by Gasteiger charge is -2.22. The fourth-order valence-corrected chi connectivity index (χ4v) is 3.73. The van der Waals surface area contributed by atoms with Crippen molar-refractivity contribution in [1.82, 2.24) is 4.98 Å². The third-order valence-corrected chi connectivity index (χ3v) is 5.42. The van der Waals surface area contributed by atoms with Gasteiger partial charge in [-0.15, -0.1) is 0 Å². The summed E-state index contributed by atoms with van der Waals surface area (Å²) in [5, 5.41) is 6.42. The average molecular weight is 420 g/mol. The summed E-state index contributed by atoms with van der Waals surface area (Å²) in [5.74, 6) is 0.220. The van der Waals surface area contributed by atoms with Crippen molar-refractivity contribution in [2.45, 2.75) is 25.3 Å². The molecule has 3 aromatic rings. The standard InChI is InChI=1S/C24H25FN4O2/c25-19-3-1-2-16(12-19)14-27-22-13-23(28-15-21(22)24(26)30)29-20-6-4-17(5-7-20)18-8-10-31-11-9-18/h1-7,12-13,15,18H,8-11,14H2,(H2,26,30)(H2,27,28,29). The fourth-order valence-electron chi connectivity index (χ4n) is 3.73. The molecule has 1 amide bonds. The Bertz CT molecular complexity index is 1050. The van der Waals surface area contributed by atoms with E-state index in [1.807, 2.05) is 12.1 Å². The summed E-state index contributed by atoms with van der Waals surface area (Å²) >= 11 is 0. The van der Waals surface area contributed by atoms with Crippen molar-refractivity contribution in [3.05, 3.63) is 83.3 Å². The van der Waals surface area contributed by atoms with Crippen LogP contribution >= 0.6 is 0 Å². The van der Waals surface area contributed by atoms with Crippen molar-refractivity contribution in [3.63, 3.8) is 0 Å². The van der Waals surface area contributed by atoms with Gasteiger partial charge in [-0.3, -0.25) is 4.79 Å². The van der Waals surface area contributed by atoms with Crippen LogP contribution in [-0.2, 0) is 11.3 Å². The molecule has 1 aliphatic rings. The van der Waals surface area contributed by atoms with Gasteiger partial charge in [0.25, 0.3) is 5.91 Å². The third kappa shape index (κ3) is 5.38. The number of rotatable bonds is 7. The second-order valence-corrected chi connectivity index (χ2v) is 7.60. The number of hydrogen-bond donors (Lipinski definition) is 3. The van der Waals surface area contributed by atoms with Gasteiger partial charge in [-0.1, -0.05) is 24.3 Å². The lowest BCUT2D eigenvalue weighted by atomic mass is 9.92. The highest BCUT2D eigenvalue weighted by Crippen LogP contribution is 2.28. The van der Waals surface area contributed by atoms with Crippen LogP contribution in [0, 0.1) is 5.82 Å². The molecule has 4 N–H and O–H groups in total. The SMILES string of the molecule is NC(=O)c1cnc(Nc2ccc(C3CCOCC3)cc2)cc1NCc1cccc(F)c1. The van der Waals surface area contributed by atoms with Crippen LogP contribution in [0.25, 0.3) is 0 Å². The van der Waals surface area contributed by atoms with Gasteiger partial charge in [0.05, 0.1) is 11.3 Å². The Kier molecular flexibility index (Phi) is 6.43. The van der Waals surface area contributed by atoms with Crippen molar-refractivity contribution < 1.29 is 13.9 Å². The molecule has 6 nitrogen and oxygen atoms in total. The Morgan fingerprint density at radius 2 is 1.90 bits per heavy atom. The maximum absolute atomic E-state index is 13.4. The number of carbonyl (C=O) groups is 1. The quantitative estimate of drug-likeness (QED) is 0.521. The molecular weight excluding hydrogens is 395 g/mol. The van der Waals surface area contributed by atoms with E-state index in [0.29, 0.717) is 24.0 Å². The molecule has 4 rings (SSSR count). The summed E-state index contributed by atoms with van der Waals surface area (Å²) in [7, 11) is 0. The van der Waals surface area contributed by atoms with Crippen molar-refractivity contribution in [1.29, 1.82) is 0 Å². The van der Waals surface area contributed by atoms with E-state index in [2.05, 4.69) is 27.8 Å². The van der Waals surface area contributed by atoms with Crippen LogP contribution in [0.4, 0.5) is 21.6 Å². The Morgan fingerprint density at radius 1 is 1.13 bits per heavy atom. The van der Waals surface area contributed by atoms with E-state index in [-0.39, 0.29) is 11.4 Å². The van der Waals surface area contributed by atoms with Crippen LogP contribution in [0.15, 0.2) is 60.8 Å². The molecule has 160 valence electrons. The minimum atomic E-state index is -0.582. The molecule has 0 atom stereocenters. The van der Waals surface area contributed by atoms with Gasteiger partial charge in [0.1, 0.15) is 11.6 Å². The van der Waals surface area contributed by atoms with Gasteiger partial charge in [0, 0.05) is 37.7 Å². The highest BCUT2D eigenvalue weighted by atomic mass is 19.1. The highest BCUT2D eigenvalue weighted by Gasteiger charge is 2.16. The molecule has 0 bridgehead atoms. The first-order valence-corrected chi connectivity index (χ1v) is 10.3. The minimum absolute atomic E-state index is 0.275. The first-order valence-electron chi connectivity index (χ1n) is 10.3. The van der Waals surface area contributed by atoms with Crippen molar-refractivity contribution >= 4 is 23.1 Å². The molecule has 7 heteroatoms. The Balaban J connectivity index is 1.48. The second-order valence-electron chi connectivity index (χ2n) is 7.60. The fraction of sp³-hybridized carbons (Fsp3) is 0.250. The number of hydrogen-bond acceptors (Lipinski definition) is 5. The maximum atomic E-state index is 13.4. The molecule has 1 fully saturated rings. The summed E-state index contributed by atoms with van der Waals surface area (Å²) < 4.78 is 18.9. The number of amides is 1. The number of nitrogens with zero attached hydrogens (tertiary/aromatic N) is 1. The van der Waals surface area contributed by atoms with E-state index < -0.39 is 5.91 Å². The van der Waals surface area contributed by atoms with E-state index in [0.717, 1.165) is 37.3 Å². The molecule has 1 aliphatic heterocycles. The molecule has 0 spiro atoms. The maximum Gasteiger partial charge on any atom is 0.252 e. The first-order chi connectivity index (χ1) is 15.1. The van der Waals surface area contributed by atoms with Gasteiger partial charge in [0.15, 0.2) is 0 Å². The zero-order valence-corrected chi connectivity index (χ0v) is 17.1. The molecule has 2 aromatic carbocycles. The topological polar surface area (TPSA) is 89.3 Å². The average Bonchev–Trinajstić information content (AvgIpc) is 2.79. The lowest BCUT2D eigenvalue weighted by Crippen LogP contribution is -2.15. The van der Waals surface area contributed by atoms with E-state index in [1.165, 1.54) is 23.9 Å². The number of primary amides is 1. The summed E-state index contributed by atoms with van der Waals surface area (Å²) in [6.45, 7) is 1.97. The molecule has 0 unspecified atom stereocenters. The second kappa shape index (κ2) is 9.57. The molecule has 2 heterocycles. The van der Waals surface area contributed by atoms with Crippen LogP contribution in [0.2, 0.25) is 0 Å². The largest absolute Gasteiger partial charge is 0.381 e. The van der Waals surface area contributed by atoms with Crippen LogP contribution < -0.4 is 16.4 Å². The van der Waals surface area contributed by atoms with Gasteiger partial charge < -0.3 is 21.1 Å². The highest BCUT2D eigenvalue weighted by molar-refractivity contribution is 5.98. The summed E-state index contributed by atoms with van der Waals surface area (Å²) in [6.07, 6.45) is 3.53. The van der Waals surface area contributed by atoms with Crippen molar-refractivity contribution in [3.8, 4) is 0 Å². The zero-order valence-electron chi connectivity index (χ0n) is 17.1. The molecule has 1 saturated heterocycles. The van der Waals surface area contributed by atoms with Gasteiger partial charge in [-0.05, 0) is 54.2 Å². The van der Waals surface area contributed by atoms with Gasteiger partial charge in [-0.2, -0.15) is 0 Å². The van der Waals surface area contributed by atoms with Gasteiger partial charge in [-0.25, -0.2) is 9.37 Å². The first kappa shape index (κ1) is 20.8. The normalized spacial score (nSPS) is 14.2. The molecule has 1 aromatic heterocycles. The molecular formula is C24H25FN4O2. The van der Waals surface area contributed by atoms with Crippen LogP contribution in [0.1, 0.15) is 40.2 Å². The van der Waals surface area contributed by atoms with E-state index in [4.69, 9.17) is 10.5 Å². The van der Waals surface area contributed by atoms with E-state index in [1.54, 1.807) is 18.2 Å². The summed E-state index contributed by atoms with van der Waals surface area (Å²) in [6, 6.07) is 16.3. The number of pyridine rings is 1. The van der Waals surface area contributed by atoms with Crippen LogP contribution in [0.3, 0.4) is 0 Å². The number of carbonyl (C=O) groups excluding carboxylic acids is 1. The lowest BCUT2D eigenvalue weighted by molar-refractivity contribution is 0.0853. The Hall–Kier alpha value is -3.45. The molecule has 0 aliphatic carbocycles. The smallest absolute Gasteiger partial charge is 0.252 e. The van der Waals surface area contributed by atoms with E-state index in [9.17, 15) is 9.18 Å². The van der Waals surface area contributed by atoms with E-state index >= 15 is 0 Å². The van der Waals surface area contributed by atoms with Gasteiger partial charge >= 0.3 is 0 Å². The monoisotopic (exact) mass is 420 g/mol. The number of halogens is 1. The zero-order chi connectivity index (χ0) is 21.6. The number of anilines is 3. The predicted molar refractivity (Wildman–Crippen MR) is 119 cm³/mol. The number of aromatic nitrogens is 1. The number of nitrogens with two attached hydrogens (primary N) is 1. The predicted octanol–water partition coefficient (Wildman–Crippen LogP) is 4.57. The number of ether oxygens (including phenoxy) is 1. The van der Waals surface area contributed by atoms with Crippen LogP contribution in [-0.4, -0.2) is 24.1 Å². The van der Waals surface area contributed by atoms with Crippen molar-refractivity contribution in [2.24, 2.45) is 5.73 Å². The molecule has 0 radical (unpaired) electrons.